The zero-order valence-electron chi connectivity index (χ0n) is 13.9. The lowest BCUT2D eigenvalue weighted by atomic mass is 9.99. The maximum Gasteiger partial charge on any atom is 0.196 e. The van der Waals surface area contributed by atoms with Crippen LogP contribution >= 0.6 is 0 Å². The molecule has 0 saturated carbocycles. The third kappa shape index (κ3) is 2.34. The van der Waals surface area contributed by atoms with Crippen molar-refractivity contribution in [1.29, 1.82) is 0 Å². The Morgan fingerprint density at radius 2 is 1.86 bits per heavy atom. The maximum absolute atomic E-state index is 12.8. The quantitative estimate of drug-likeness (QED) is 0.774. The third-order valence-electron chi connectivity index (χ3n) is 3.82. The van der Waals surface area contributed by atoms with E-state index in [4.69, 9.17) is 11.5 Å². The van der Waals surface area contributed by atoms with Gasteiger partial charge >= 0.3 is 0 Å². The summed E-state index contributed by atoms with van der Waals surface area (Å²) in [5, 5.41) is 0.473. The highest BCUT2D eigenvalue weighted by atomic mass is 16.3. The van der Waals surface area contributed by atoms with Gasteiger partial charge in [0.1, 0.15) is 11.3 Å². The van der Waals surface area contributed by atoms with Crippen molar-refractivity contribution in [3.63, 3.8) is 0 Å². The van der Waals surface area contributed by atoms with Crippen molar-refractivity contribution in [3.8, 4) is 11.3 Å². The van der Waals surface area contributed by atoms with Gasteiger partial charge in [-0.3, -0.25) is 4.79 Å². The van der Waals surface area contributed by atoms with Crippen molar-refractivity contribution >= 4 is 11.0 Å². The standard InChI is InChI=1S/C19H19NO2/c1-11-9-15(13(3)20)19-16(10-11)17(21)12(2)18(22-19)14-7-5-4-6-8-14/h4-10,13H,20H2,1-3H3/i13D. The van der Waals surface area contributed by atoms with Gasteiger partial charge in [-0.1, -0.05) is 36.4 Å². The Hall–Kier alpha value is -2.39. The summed E-state index contributed by atoms with van der Waals surface area (Å²) < 4.78 is 14.2. The first kappa shape index (κ1) is 13.3. The number of hydrogen-bond acceptors (Lipinski definition) is 3. The minimum absolute atomic E-state index is 0.0840. The molecule has 2 N–H and O–H groups in total. The van der Waals surface area contributed by atoms with Gasteiger partial charge in [0.2, 0.25) is 0 Å². The second-order valence-corrected chi connectivity index (χ2v) is 5.62. The van der Waals surface area contributed by atoms with E-state index in [0.29, 0.717) is 27.9 Å². The van der Waals surface area contributed by atoms with Crippen LogP contribution in [0.15, 0.2) is 51.7 Å². The molecule has 112 valence electrons. The molecule has 1 heterocycles. The highest BCUT2D eigenvalue weighted by molar-refractivity contribution is 5.84. The molecule has 2 aromatic carbocycles. The van der Waals surface area contributed by atoms with Crippen LogP contribution in [0.4, 0.5) is 0 Å². The van der Waals surface area contributed by atoms with Crippen molar-refractivity contribution in [1.82, 2.24) is 0 Å². The molecule has 3 nitrogen and oxygen atoms in total. The summed E-state index contributed by atoms with van der Waals surface area (Å²) in [6, 6.07) is 11.7. The Morgan fingerprint density at radius 1 is 1.18 bits per heavy atom. The van der Waals surface area contributed by atoms with Crippen LogP contribution in [0.25, 0.3) is 22.3 Å². The monoisotopic (exact) mass is 294 g/mol. The number of nitrogens with two attached hydrogens (primary N) is 1. The molecule has 3 heteroatoms. The van der Waals surface area contributed by atoms with Crippen LogP contribution in [0.2, 0.25) is 0 Å². The molecule has 0 saturated heterocycles. The van der Waals surface area contributed by atoms with Crippen LogP contribution < -0.4 is 11.2 Å². The van der Waals surface area contributed by atoms with Crippen LogP contribution in [0.5, 0.6) is 0 Å². The van der Waals surface area contributed by atoms with Crippen LogP contribution in [0, 0.1) is 13.8 Å². The normalized spacial score (nSPS) is 14.6. The maximum atomic E-state index is 12.8. The van der Waals surface area contributed by atoms with E-state index < -0.39 is 6.02 Å². The summed E-state index contributed by atoms with van der Waals surface area (Å²) in [5.74, 6) is 0.525. The molecule has 1 atom stereocenters. The minimum atomic E-state index is -1.34. The Labute approximate surface area is 130 Å². The largest absolute Gasteiger partial charge is 0.455 e. The first-order valence-electron chi connectivity index (χ1n) is 7.72. The van der Waals surface area contributed by atoms with E-state index in [9.17, 15) is 4.79 Å². The van der Waals surface area contributed by atoms with E-state index in [-0.39, 0.29) is 5.43 Å². The van der Waals surface area contributed by atoms with Gasteiger partial charge in [0.15, 0.2) is 5.43 Å². The molecule has 0 aliphatic heterocycles. The highest BCUT2D eigenvalue weighted by Crippen LogP contribution is 2.29. The summed E-state index contributed by atoms with van der Waals surface area (Å²) in [7, 11) is 0. The summed E-state index contributed by atoms with van der Waals surface area (Å²) >= 11 is 0. The summed E-state index contributed by atoms with van der Waals surface area (Å²) in [6.45, 7) is 5.23. The van der Waals surface area contributed by atoms with Crippen LogP contribution in [0.1, 0.15) is 31.0 Å². The fraction of sp³-hybridized carbons (Fsp3) is 0.211. The minimum Gasteiger partial charge on any atom is -0.455 e. The fourth-order valence-electron chi connectivity index (χ4n) is 2.69. The summed E-state index contributed by atoms with van der Waals surface area (Å²) in [6.07, 6.45) is 0. The highest BCUT2D eigenvalue weighted by Gasteiger charge is 2.17. The zero-order valence-corrected chi connectivity index (χ0v) is 12.9. The molecular weight excluding hydrogens is 274 g/mol. The molecule has 0 bridgehead atoms. The number of aryl methyl sites for hydroxylation is 1. The smallest absolute Gasteiger partial charge is 0.196 e. The van der Waals surface area contributed by atoms with Crippen LogP contribution in [-0.4, -0.2) is 0 Å². The Balaban J connectivity index is 2.46. The summed E-state index contributed by atoms with van der Waals surface area (Å²) in [4.78, 5) is 12.8. The van der Waals surface area contributed by atoms with Crippen LogP contribution in [-0.2, 0) is 0 Å². The zero-order chi connectivity index (χ0) is 16.8. The van der Waals surface area contributed by atoms with Crippen molar-refractivity contribution in [2.24, 2.45) is 5.73 Å². The molecule has 1 aromatic heterocycles. The first-order valence-corrected chi connectivity index (χ1v) is 7.22. The fourth-order valence-corrected chi connectivity index (χ4v) is 2.69. The molecular formula is C19H19NO2. The first-order chi connectivity index (χ1) is 10.8. The number of rotatable bonds is 2. The summed E-state index contributed by atoms with van der Waals surface area (Å²) in [5.41, 5.74) is 9.08. The second kappa shape index (κ2) is 5.43. The van der Waals surface area contributed by atoms with Gasteiger partial charge in [-0.2, -0.15) is 0 Å². The number of hydrogen-bond donors (Lipinski definition) is 1. The Morgan fingerprint density at radius 3 is 2.50 bits per heavy atom. The molecule has 0 spiro atoms. The molecule has 1 unspecified atom stereocenters. The van der Waals surface area contributed by atoms with Crippen molar-refractivity contribution in [3.05, 3.63) is 69.4 Å². The van der Waals surface area contributed by atoms with Crippen molar-refractivity contribution in [2.45, 2.75) is 26.8 Å². The number of benzene rings is 2. The topological polar surface area (TPSA) is 56.2 Å². The van der Waals surface area contributed by atoms with E-state index in [1.54, 1.807) is 19.9 Å². The second-order valence-electron chi connectivity index (χ2n) is 5.62. The predicted molar refractivity (Wildman–Crippen MR) is 90.0 cm³/mol. The Kier molecular flexibility index (Phi) is 3.28. The lowest BCUT2D eigenvalue weighted by Gasteiger charge is -2.13. The van der Waals surface area contributed by atoms with Gasteiger partial charge in [-0.15, -0.1) is 0 Å². The van der Waals surface area contributed by atoms with E-state index in [0.717, 1.165) is 11.1 Å². The SMILES string of the molecule is [2H]C(C)(N)c1cc(C)cc2c(=O)c(C)c(-c3ccccc3)oc12. The third-order valence-corrected chi connectivity index (χ3v) is 3.82. The average molecular weight is 294 g/mol. The molecule has 0 fully saturated rings. The van der Waals surface area contributed by atoms with Crippen molar-refractivity contribution < 1.29 is 5.79 Å². The molecule has 0 amide bonds. The van der Waals surface area contributed by atoms with Crippen molar-refractivity contribution in [2.75, 3.05) is 0 Å². The lowest BCUT2D eigenvalue weighted by Crippen LogP contribution is -2.12. The van der Waals surface area contributed by atoms with E-state index in [2.05, 4.69) is 0 Å². The number of fused-ring (bicyclic) bond motifs is 1. The predicted octanol–water partition coefficient (Wildman–Crippen LogP) is 4.10. The molecule has 0 aliphatic rings. The van der Waals surface area contributed by atoms with Crippen LogP contribution in [0.3, 0.4) is 0 Å². The lowest BCUT2D eigenvalue weighted by molar-refractivity contribution is 0.603. The van der Waals surface area contributed by atoms with E-state index in [1.807, 2.05) is 43.3 Å². The van der Waals surface area contributed by atoms with Gasteiger partial charge < -0.3 is 10.2 Å². The molecule has 3 rings (SSSR count). The molecule has 3 aromatic rings. The van der Waals surface area contributed by atoms with Gasteiger partial charge in [0, 0.05) is 22.7 Å². The van der Waals surface area contributed by atoms with Gasteiger partial charge in [0.25, 0.3) is 0 Å². The van der Waals surface area contributed by atoms with Gasteiger partial charge in [0.05, 0.1) is 6.76 Å². The van der Waals surface area contributed by atoms with E-state index >= 15 is 0 Å². The molecule has 0 radical (unpaired) electrons. The van der Waals surface area contributed by atoms with Gasteiger partial charge in [-0.05, 0) is 32.4 Å². The van der Waals surface area contributed by atoms with Gasteiger partial charge in [-0.25, -0.2) is 0 Å². The molecule has 0 aliphatic carbocycles. The average Bonchev–Trinajstić information content (AvgIpc) is 2.50. The molecule has 22 heavy (non-hydrogen) atoms. The van der Waals surface area contributed by atoms with E-state index in [1.165, 1.54) is 0 Å². The Bertz CT molecular complexity index is 937.